The van der Waals surface area contributed by atoms with Crippen LogP contribution in [-0.4, -0.2) is 62.3 Å². The molecule has 0 aliphatic carbocycles. The SMILES string of the molecule is CCn1nc(C(=O)N2CCCC2)c2c1CCN(C(=O)c1csc(SC)n1)C2. The zero-order valence-electron chi connectivity index (χ0n) is 15.6. The van der Waals surface area contributed by atoms with Crippen molar-refractivity contribution >= 4 is 34.9 Å². The Morgan fingerprint density at radius 2 is 1.96 bits per heavy atom. The van der Waals surface area contributed by atoms with Gasteiger partial charge in [0.15, 0.2) is 5.69 Å². The molecule has 4 heterocycles. The van der Waals surface area contributed by atoms with E-state index in [1.54, 1.807) is 16.7 Å². The predicted octanol–water partition coefficient (Wildman–Crippen LogP) is 2.52. The van der Waals surface area contributed by atoms with Gasteiger partial charge in [-0.25, -0.2) is 4.98 Å². The number of amides is 2. The summed E-state index contributed by atoms with van der Waals surface area (Å²) in [5.74, 6) is -0.0652. The van der Waals surface area contributed by atoms with E-state index < -0.39 is 0 Å². The van der Waals surface area contributed by atoms with Crippen LogP contribution in [-0.2, 0) is 19.5 Å². The second-order valence-corrected chi connectivity index (χ2v) is 8.68. The van der Waals surface area contributed by atoms with Gasteiger partial charge in [0.25, 0.3) is 11.8 Å². The molecule has 9 heteroatoms. The maximum atomic E-state index is 13.0. The molecule has 2 aromatic rings. The van der Waals surface area contributed by atoms with Gasteiger partial charge in [-0.2, -0.15) is 5.10 Å². The highest BCUT2D eigenvalue weighted by Crippen LogP contribution is 2.27. The summed E-state index contributed by atoms with van der Waals surface area (Å²) in [6.45, 7) is 5.41. The van der Waals surface area contributed by atoms with Gasteiger partial charge in [0.2, 0.25) is 0 Å². The van der Waals surface area contributed by atoms with E-state index in [4.69, 9.17) is 0 Å². The van der Waals surface area contributed by atoms with Gasteiger partial charge in [-0.1, -0.05) is 11.8 Å². The van der Waals surface area contributed by atoms with E-state index in [1.165, 1.54) is 11.3 Å². The van der Waals surface area contributed by atoms with Crippen LogP contribution >= 0.6 is 23.1 Å². The van der Waals surface area contributed by atoms with Crippen molar-refractivity contribution in [2.45, 2.75) is 43.6 Å². The summed E-state index contributed by atoms with van der Waals surface area (Å²) in [5, 5.41) is 6.42. The molecule has 144 valence electrons. The normalized spacial score (nSPS) is 16.7. The lowest BCUT2D eigenvalue weighted by molar-refractivity contribution is 0.0717. The summed E-state index contributed by atoms with van der Waals surface area (Å²) in [4.78, 5) is 33.9. The van der Waals surface area contributed by atoms with E-state index in [0.29, 0.717) is 30.9 Å². The molecule has 0 saturated carbocycles. The van der Waals surface area contributed by atoms with Crippen LogP contribution in [0, 0.1) is 0 Å². The van der Waals surface area contributed by atoms with Gasteiger partial charge in [0.1, 0.15) is 10.0 Å². The monoisotopic (exact) mass is 405 g/mol. The largest absolute Gasteiger partial charge is 0.337 e. The molecule has 0 atom stereocenters. The highest BCUT2D eigenvalue weighted by atomic mass is 32.2. The smallest absolute Gasteiger partial charge is 0.274 e. The summed E-state index contributed by atoms with van der Waals surface area (Å²) >= 11 is 3.03. The molecule has 2 aliphatic heterocycles. The van der Waals surface area contributed by atoms with Crippen LogP contribution in [0.5, 0.6) is 0 Å². The number of rotatable bonds is 4. The molecule has 4 rings (SSSR count). The third-order valence-corrected chi connectivity index (χ3v) is 7.06. The number of thiazole rings is 1. The Morgan fingerprint density at radius 3 is 2.63 bits per heavy atom. The van der Waals surface area contributed by atoms with Crippen LogP contribution in [0.2, 0.25) is 0 Å². The summed E-state index contributed by atoms with van der Waals surface area (Å²) in [6.07, 6.45) is 4.77. The average Bonchev–Trinajstić information content (AvgIpc) is 3.45. The molecule has 1 saturated heterocycles. The Morgan fingerprint density at radius 1 is 1.19 bits per heavy atom. The first-order valence-corrected chi connectivity index (χ1v) is 11.4. The van der Waals surface area contributed by atoms with Crippen molar-refractivity contribution in [3.63, 3.8) is 0 Å². The quantitative estimate of drug-likeness (QED) is 0.731. The number of hydrogen-bond acceptors (Lipinski definition) is 6. The van der Waals surface area contributed by atoms with Crippen LogP contribution in [0.25, 0.3) is 0 Å². The molecule has 0 N–H and O–H groups in total. The highest BCUT2D eigenvalue weighted by Gasteiger charge is 2.33. The molecule has 7 nitrogen and oxygen atoms in total. The third-order valence-electron chi connectivity index (χ3n) is 5.19. The molecular formula is C18H23N5O2S2. The van der Waals surface area contributed by atoms with E-state index >= 15 is 0 Å². The molecule has 27 heavy (non-hydrogen) atoms. The zero-order chi connectivity index (χ0) is 19.0. The fraction of sp³-hybridized carbons (Fsp3) is 0.556. The van der Waals surface area contributed by atoms with E-state index in [1.807, 2.05) is 28.1 Å². The number of fused-ring (bicyclic) bond motifs is 1. The van der Waals surface area contributed by atoms with Gasteiger partial charge in [0.05, 0.1) is 6.54 Å². The predicted molar refractivity (Wildman–Crippen MR) is 105 cm³/mol. The van der Waals surface area contributed by atoms with Crippen molar-refractivity contribution in [3.8, 4) is 0 Å². The zero-order valence-corrected chi connectivity index (χ0v) is 17.2. The minimum atomic E-state index is -0.0685. The molecule has 0 unspecified atom stereocenters. The number of carbonyl (C=O) groups excluding carboxylic acids is 2. The van der Waals surface area contributed by atoms with Crippen LogP contribution in [0.4, 0.5) is 0 Å². The lowest BCUT2D eigenvalue weighted by Gasteiger charge is -2.27. The molecule has 2 aromatic heterocycles. The van der Waals surface area contributed by atoms with Gasteiger partial charge >= 0.3 is 0 Å². The number of aromatic nitrogens is 3. The van der Waals surface area contributed by atoms with Crippen LogP contribution < -0.4 is 0 Å². The van der Waals surface area contributed by atoms with Gasteiger partial charge in [-0.05, 0) is 26.0 Å². The lowest BCUT2D eigenvalue weighted by Crippen LogP contribution is -2.37. The van der Waals surface area contributed by atoms with E-state index in [9.17, 15) is 9.59 Å². The summed E-state index contributed by atoms with van der Waals surface area (Å²) < 4.78 is 2.81. The minimum Gasteiger partial charge on any atom is -0.337 e. The molecule has 0 spiro atoms. The average molecular weight is 406 g/mol. The number of aryl methyl sites for hydroxylation is 1. The van der Waals surface area contributed by atoms with Crippen molar-refractivity contribution in [1.29, 1.82) is 0 Å². The van der Waals surface area contributed by atoms with Gasteiger partial charge < -0.3 is 9.80 Å². The second kappa shape index (κ2) is 7.63. The molecule has 2 aliphatic rings. The Hall–Kier alpha value is -1.87. The van der Waals surface area contributed by atoms with Crippen molar-refractivity contribution in [1.82, 2.24) is 24.6 Å². The lowest BCUT2D eigenvalue weighted by atomic mass is 10.0. The molecule has 2 amide bonds. The molecule has 0 bridgehead atoms. The van der Waals surface area contributed by atoms with E-state index in [-0.39, 0.29) is 11.8 Å². The standard InChI is InChI=1S/C18H23N5O2S2/c1-3-23-14-6-9-22(16(24)13-11-27-18(19-13)26-2)10-12(14)15(20-23)17(25)21-7-4-5-8-21/h11H,3-10H2,1-2H3. The first-order chi connectivity index (χ1) is 13.1. The summed E-state index contributed by atoms with van der Waals surface area (Å²) in [7, 11) is 0. The Kier molecular flexibility index (Phi) is 5.23. The van der Waals surface area contributed by atoms with Crippen molar-refractivity contribution in [3.05, 3.63) is 28.0 Å². The molecular weight excluding hydrogens is 382 g/mol. The molecule has 0 radical (unpaired) electrons. The van der Waals surface area contributed by atoms with Gasteiger partial charge in [-0.3, -0.25) is 14.3 Å². The number of likely N-dealkylation sites (tertiary alicyclic amines) is 1. The number of hydrogen-bond donors (Lipinski definition) is 0. The minimum absolute atomic E-state index is 0.00331. The van der Waals surface area contributed by atoms with Crippen molar-refractivity contribution in [2.24, 2.45) is 0 Å². The van der Waals surface area contributed by atoms with Crippen LogP contribution in [0.1, 0.15) is 52.0 Å². The van der Waals surface area contributed by atoms with Gasteiger partial charge in [0, 0.05) is 49.2 Å². The topological polar surface area (TPSA) is 71.3 Å². The van der Waals surface area contributed by atoms with E-state index in [0.717, 1.165) is 48.1 Å². The summed E-state index contributed by atoms with van der Waals surface area (Å²) in [6, 6.07) is 0. The summed E-state index contributed by atoms with van der Waals surface area (Å²) in [5.41, 5.74) is 3.01. The first-order valence-electron chi connectivity index (χ1n) is 9.29. The fourth-order valence-electron chi connectivity index (χ4n) is 3.78. The number of carbonyl (C=O) groups is 2. The first kappa shape index (κ1) is 18.5. The van der Waals surface area contributed by atoms with Gasteiger partial charge in [-0.15, -0.1) is 11.3 Å². The van der Waals surface area contributed by atoms with Crippen molar-refractivity contribution in [2.75, 3.05) is 25.9 Å². The highest BCUT2D eigenvalue weighted by molar-refractivity contribution is 8.00. The number of thioether (sulfide) groups is 1. The maximum absolute atomic E-state index is 13.0. The van der Waals surface area contributed by atoms with E-state index in [2.05, 4.69) is 10.1 Å². The Bertz CT molecular complexity index is 869. The van der Waals surface area contributed by atoms with Crippen LogP contribution in [0.3, 0.4) is 0 Å². The maximum Gasteiger partial charge on any atom is 0.274 e. The Balaban J connectivity index is 1.61. The third kappa shape index (κ3) is 3.38. The second-order valence-electron chi connectivity index (χ2n) is 6.77. The molecule has 0 aromatic carbocycles. The fourth-order valence-corrected chi connectivity index (χ4v) is 5.01. The number of nitrogens with zero attached hydrogens (tertiary/aromatic N) is 5. The Labute approximate surface area is 166 Å². The molecule has 1 fully saturated rings. The van der Waals surface area contributed by atoms with Crippen LogP contribution in [0.15, 0.2) is 9.72 Å². The van der Waals surface area contributed by atoms with Crippen molar-refractivity contribution < 1.29 is 9.59 Å².